The molecule has 0 aromatic rings. The molecule has 2 rings (SSSR count). The summed E-state index contributed by atoms with van der Waals surface area (Å²) in [6.45, 7) is 1.79. The average molecular weight is 167 g/mol. The van der Waals surface area contributed by atoms with Crippen molar-refractivity contribution in [1.29, 1.82) is 0 Å². The fourth-order valence-corrected chi connectivity index (χ4v) is 1.36. The molecule has 0 bridgehead atoms. The van der Waals surface area contributed by atoms with Gasteiger partial charge in [0.25, 0.3) is 5.91 Å². The highest BCUT2D eigenvalue weighted by Crippen LogP contribution is 2.22. The first kappa shape index (κ1) is 7.27. The number of carbonyl (C=O) groups is 1. The number of hydrazone groups is 1. The summed E-state index contributed by atoms with van der Waals surface area (Å²) in [5.74, 6) is -0.311. The van der Waals surface area contributed by atoms with E-state index in [-0.39, 0.29) is 17.9 Å². The van der Waals surface area contributed by atoms with Gasteiger partial charge in [0, 0.05) is 7.05 Å². The third-order valence-electron chi connectivity index (χ3n) is 2.07. The maximum absolute atomic E-state index is 11.5. The molecule has 2 aliphatic rings. The molecule has 0 spiro atoms. The summed E-state index contributed by atoms with van der Waals surface area (Å²) in [6.07, 6.45) is 1.32. The smallest absolute Gasteiger partial charge is 0.255 e. The van der Waals surface area contributed by atoms with Gasteiger partial charge in [0.15, 0.2) is 6.10 Å². The number of nitrogens with zero attached hydrogens (tertiary/aromatic N) is 3. The summed E-state index contributed by atoms with van der Waals surface area (Å²) in [6, 6.07) is 0. The highest BCUT2D eigenvalue weighted by Gasteiger charge is 2.41. The van der Waals surface area contributed by atoms with Crippen LogP contribution in [0, 0.1) is 5.92 Å². The minimum Gasteiger partial charge on any atom is -0.385 e. The van der Waals surface area contributed by atoms with Crippen LogP contribution in [0.25, 0.3) is 0 Å². The second-order valence-corrected chi connectivity index (χ2v) is 2.91. The molecule has 2 heterocycles. The lowest BCUT2D eigenvalue weighted by molar-refractivity contribution is -0.134. The van der Waals surface area contributed by atoms with Gasteiger partial charge in [-0.1, -0.05) is 5.16 Å². The molecular weight excluding hydrogens is 158 g/mol. The molecule has 0 saturated heterocycles. The van der Waals surface area contributed by atoms with Crippen molar-refractivity contribution in [3.63, 3.8) is 0 Å². The quantitative estimate of drug-likeness (QED) is 0.503. The van der Waals surface area contributed by atoms with Crippen molar-refractivity contribution in [2.75, 3.05) is 7.05 Å². The Hall–Kier alpha value is -1.39. The van der Waals surface area contributed by atoms with Gasteiger partial charge in [-0.3, -0.25) is 4.79 Å². The first-order valence-corrected chi connectivity index (χ1v) is 3.72. The Balaban J connectivity index is 2.33. The van der Waals surface area contributed by atoms with Gasteiger partial charge in [-0.25, -0.2) is 5.01 Å². The zero-order valence-corrected chi connectivity index (χ0v) is 6.89. The van der Waals surface area contributed by atoms with E-state index in [4.69, 9.17) is 4.84 Å². The lowest BCUT2D eigenvalue weighted by Gasteiger charge is -2.22. The fraction of sp³-hybridized carbons (Fsp3) is 0.571. The minimum atomic E-state index is -0.284. The van der Waals surface area contributed by atoms with Crippen LogP contribution in [0.5, 0.6) is 0 Å². The van der Waals surface area contributed by atoms with Crippen molar-refractivity contribution >= 4 is 17.8 Å². The Morgan fingerprint density at radius 3 is 3.17 bits per heavy atom. The number of oxime groups is 1. The summed E-state index contributed by atoms with van der Waals surface area (Å²) >= 11 is 0. The number of amides is 1. The fourth-order valence-electron chi connectivity index (χ4n) is 1.36. The van der Waals surface area contributed by atoms with E-state index in [0.29, 0.717) is 0 Å². The maximum atomic E-state index is 11.5. The number of rotatable bonds is 0. The molecule has 0 N–H and O–H groups in total. The first-order chi connectivity index (χ1) is 5.70. The standard InChI is InChI=1S/C7H9N3O2/c1-4-6-5(12-9-4)3-8-10(2)7(6)11/h3,5-6H,1-2H3/t5-,6-/m0/s1. The van der Waals surface area contributed by atoms with Crippen LogP contribution in [0.3, 0.4) is 0 Å². The van der Waals surface area contributed by atoms with Gasteiger partial charge in [0.1, 0.15) is 5.92 Å². The van der Waals surface area contributed by atoms with Crippen molar-refractivity contribution in [3.8, 4) is 0 Å². The molecule has 0 saturated carbocycles. The molecule has 0 aromatic heterocycles. The Bertz CT molecular complexity index is 284. The molecule has 2 aliphatic heterocycles. The predicted octanol–water partition coefficient (Wildman–Crippen LogP) is -0.165. The van der Waals surface area contributed by atoms with Crippen molar-refractivity contribution in [2.24, 2.45) is 16.2 Å². The third kappa shape index (κ3) is 0.823. The number of hydrogen-bond acceptors (Lipinski definition) is 4. The number of hydrogen-bond donors (Lipinski definition) is 0. The molecule has 0 fully saturated rings. The Labute approximate surface area is 69.7 Å². The Morgan fingerprint density at radius 1 is 1.67 bits per heavy atom. The van der Waals surface area contributed by atoms with E-state index in [1.165, 1.54) is 5.01 Å². The zero-order chi connectivity index (χ0) is 8.72. The van der Waals surface area contributed by atoms with Gasteiger partial charge in [0.2, 0.25) is 0 Å². The van der Waals surface area contributed by atoms with Crippen LogP contribution in [0.15, 0.2) is 10.3 Å². The van der Waals surface area contributed by atoms with Crippen molar-refractivity contribution in [3.05, 3.63) is 0 Å². The van der Waals surface area contributed by atoms with Gasteiger partial charge >= 0.3 is 0 Å². The molecule has 0 unspecified atom stereocenters. The van der Waals surface area contributed by atoms with Crippen molar-refractivity contribution < 1.29 is 9.63 Å². The molecule has 64 valence electrons. The van der Waals surface area contributed by atoms with Crippen LogP contribution in [0.1, 0.15) is 6.92 Å². The predicted molar refractivity (Wildman–Crippen MR) is 42.7 cm³/mol. The molecule has 0 aliphatic carbocycles. The lowest BCUT2D eigenvalue weighted by Crippen LogP contribution is -2.42. The van der Waals surface area contributed by atoms with Gasteiger partial charge in [0.05, 0.1) is 11.9 Å². The molecule has 12 heavy (non-hydrogen) atoms. The SMILES string of the molecule is CC1=NO[C@H]2C=NN(C)C(=O)[C@@H]12. The first-order valence-electron chi connectivity index (χ1n) is 3.72. The van der Waals surface area contributed by atoms with E-state index in [0.717, 1.165) is 5.71 Å². The van der Waals surface area contributed by atoms with Crippen LogP contribution in [0.2, 0.25) is 0 Å². The van der Waals surface area contributed by atoms with Crippen LogP contribution < -0.4 is 0 Å². The molecule has 0 aromatic carbocycles. The van der Waals surface area contributed by atoms with E-state index in [9.17, 15) is 4.79 Å². The van der Waals surface area contributed by atoms with Crippen LogP contribution >= 0.6 is 0 Å². The summed E-state index contributed by atoms with van der Waals surface area (Å²) in [5, 5.41) is 8.91. The zero-order valence-electron chi connectivity index (χ0n) is 6.89. The Kier molecular flexibility index (Phi) is 1.39. The average Bonchev–Trinajstić information content (AvgIpc) is 2.41. The summed E-state index contributed by atoms with van der Waals surface area (Å²) in [7, 11) is 1.63. The second kappa shape index (κ2) is 2.30. The summed E-state index contributed by atoms with van der Waals surface area (Å²) < 4.78 is 0. The van der Waals surface area contributed by atoms with Crippen molar-refractivity contribution in [2.45, 2.75) is 13.0 Å². The largest absolute Gasteiger partial charge is 0.385 e. The van der Waals surface area contributed by atoms with E-state index in [2.05, 4.69) is 10.3 Å². The van der Waals surface area contributed by atoms with E-state index < -0.39 is 0 Å². The molecular formula is C7H9N3O2. The van der Waals surface area contributed by atoms with Gasteiger partial charge < -0.3 is 4.84 Å². The minimum absolute atomic E-state index is 0.0544. The second-order valence-electron chi connectivity index (χ2n) is 2.91. The van der Waals surface area contributed by atoms with Crippen LogP contribution in [-0.2, 0) is 9.63 Å². The van der Waals surface area contributed by atoms with Gasteiger partial charge in [-0.2, -0.15) is 5.10 Å². The molecule has 5 heteroatoms. The third-order valence-corrected chi connectivity index (χ3v) is 2.07. The Morgan fingerprint density at radius 2 is 2.42 bits per heavy atom. The lowest BCUT2D eigenvalue weighted by atomic mass is 9.97. The van der Waals surface area contributed by atoms with Gasteiger partial charge in [-0.15, -0.1) is 0 Å². The van der Waals surface area contributed by atoms with Crippen LogP contribution in [0.4, 0.5) is 0 Å². The molecule has 1 amide bonds. The van der Waals surface area contributed by atoms with E-state index in [1.807, 2.05) is 0 Å². The molecule has 0 radical (unpaired) electrons. The normalized spacial score (nSPS) is 33.0. The van der Waals surface area contributed by atoms with Gasteiger partial charge in [-0.05, 0) is 6.92 Å². The van der Waals surface area contributed by atoms with E-state index in [1.54, 1.807) is 20.2 Å². The number of carbonyl (C=O) groups excluding carboxylic acids is 1. The number of fused-ring (bicyclic) bond motifs is 1. The molecule has 5 nitrogen and oxygen atoms in total. The topological polar surface area (TPSA) is 54.3 Å². The highest BCUT2D eigenvalue weighted by atomic mass is 16.6. The van der Waals surface area contributed by atoms with E-state index >= 15 is 0 Å². The van der Waals surface area contributed by atoms with Crippen molar-refractivity contribution in [1.82, 2.24) is 5.01 Å². The van der Waals surface area contributed by atoms with Crippen LogP contribution in [-0.4, -0.2) is 36.0 Å². The molecule has 2 atom stereocenters. The summed E-state index contributed by atoms with van der Waals surface area (Å²) in [5.41, 5.74) is 0.725. The monoisotopic (exact) mass is 167 g/mol. The maximum Gasteiger partial charge on any atom is 0.255 e. The highest BCUT2D eigenvalue weighted by molar-refractivity contribution is 6.07. The summed E-state index contributed by atoms with van der Waals surface area (Å²) in [4.78, 5) is 16.4.